The molecule has 1 fully saturated rings. The van der Waals surface area contributed by atoms with E-state index in [-0.39, 0.29) is 0 Å². The molecule has 1 aliphatic carbocycles. The molecule has 0 aromatic rings. The highest BCUT2D eigenvalue weighted by Crippen LogP contribution is 2.38. The molecule has 0 heterocycles. The van der Waals surface area contributed by atoms with Gasteiger partial charge in [-0.15, -0.1) is 0 Å². The molecule has 0 radical (unpaired) electrons. The highest BCUT2D eigenvalue weighted by molar-refractivity contribution is 4.85. The summed E-state index contributed by atoms with van der Waals surface area (Å²) in [7, 11) is 0. The lowest BCUT2D eigenvalue weighted by Gasteiger charge is -2.38. The van der Waals surface area contributed by atoms with Crippen molar-refractivity contribution in [1.82, 2.24) is 0 Å². The quantitative estimate of drug-likeness (QED) is 0.729. The zero-order chi connectivity index (χ0) is 10.6. The van der Waals surface area contributed by atoms with Crippen LogP contribution in [0.2, 0.25) is 0 Å². The fourth-order valence-electron chi connectivity index (χ4n) is 2.90. The van der Waals surface area contributed by atoms with E-state index in [1.807, 2.05) is 6.92 Å². The standard InChI is InChI=1S/C13H26O/c1-4-10-13(3,14)12-8-6-11(5-2)7-9-12/h11-12,14H,4-10H2,1-3H3. The normalized spacial score (nSPS) is 32.6. The molecule has 0 aromatic heterocycles. The third kappa shape index (κ3) is 2.98. The molecule has 14 heavy (non-hydrogen) atoms. The van der Waals surface area contributed by atoms with Crippen LogP contribution in [0, 0.1) is 11.8 Å². The molecule has 0 amide bonds. The van der Waals surface area contributed by atoms with E-state index in [1.165, 1.54) is 32.1 Å². The SMILES string of the molecule is CCCC(C)(O)C1CCC(CC)CC1. The van der Waals surface area contributed by atoms with Crippen LogP contribution in [0.25, 0.3) is 0 Å². The van der Waals surface area contributed by atoms with Gasteiger partial charge in [0, 0.05) is 0 Å². The second-order valence-electron chi connectivity index (χ2n) is 5.23. The predicted molar refractivity (Wildman–Crippen MR) is 61.3 cm³/mol. The van der Waals surface area contributed by atoms with Crippen LogP contribution in [0.1, 0.15) is 65.7 Å². The summed E-state index contributed by atoms with van der Waals surface area (Å²) in [6.07, 6.45) is 8.54. The van der Waals surface area contributed by atoms with Gasteiger partial charge in [0.25, 0.3) is 0 Å². The Morgan fingerprint density at radius 2 is 1.71 bits per heavy atom. The van der Waals surface area contributed by atoms with Crippen molar-refractivity contribution in [3.05, 3.63) is 0 Å². The average molecular weight is 198 g/mol. The molecule has 1 unspecified atom stereocenters. The maximum absolute atomic E-state index is 10.3. The summed E-state index contributed by atoms with van der Waals surface area (Å²) in [6.45, 7) is 6.48. The maximum atomic E-state index is 10.3. The first-order valence-corrected chi connectivity index (χ1v) is 6.32. The smallest absolute Gasteiger partial charge is 0.0647 e. The van der Waals surface area contributed by atoms with Crippen LogP contribution in [0.5, 0.6) is 0 Å². The van der Waals surface area contributed by atoms with Crippen molar-refractivity contribution < 1.29 is 5.11 Å². The summed E-state index contributed by atoms with van der Waals surface area (Å²) in [6, 6.07) is 0. The molecular weight excluding hydrogens is 172 g/mol. The number of aliphatic hydroxyl groups is 1. The van der Waals surface area contributed by atoms with Crippen molar-refractivity contribution in [3.63, 3.8) is 0 Å². The van der Waals surface area contributed by atoms with Gasteiger partial charge in [-0.25, -0.2) is 0 Å². The van der Waals surface area contributed by atoms with Gasteiger partial charge >= 0.3 is 0 Å². The molecule has 84 valence electrons. The van der Waals surface area contributed by atoms with Crippen molar-refractivity contribution >= 4 is 0 Å². The van der Waals surface area contributed by atoms with E-state index in [0.29, 0.717) is 5.92 Å². The lowest BCUT2D eigenvalue weighted by Crippen LogP contribution is -2.36. The molecule has 1 nitrogen and oxygen atoms in total. The van der Waals surface area contributed by atoms with Crippen LogP contribution >= 0.6 is 0 Å². The molecule has 1 aliphatic rings. The number of rotatable bonds is 4. The summed E-state index contributed by atoms with van der Waals surface area (Å²) in [5.41, 5.74) is -0.395. The molecule has 1 rings (SSSR count). The first kappa shape index (κ1) is 12.0. The van der Waals surface area contributed by atoms with Crippen LogP contribution in [-0.2, 0) is 0 Å². The van der Waals surface area contributed by atoms with Gasteiger partial charge in [-0.3, -0.25) is 0 Å². The second-order valence-corrected chi connectivity index (χ2v) is 5.23. The molecule has 1 atom stereocenters. The van der Waals surface area contributed by atoms with Crippen LogP contribution < -0.4 is 0 Å². The Morgan fingerprint density at radius 1 is 1.14 bits per heavy atom. The van der Waals surface area contributed by atoms with E-state index in [2.05, 4.69) is 13.8 Å². The zero-order valence-electron chi connectivity index (χ0n) is 10.1. The molecule has 1 heteroatoms. The van der Waals surface area contributed by atoms with E-state index in [0.717, 1.165) is 18.8 Å². The summed E-state index contributed by atoms with van der Waals surface area (Å²) in [4.78, 5) is 0. The monoisotopic (exact) mass is 198 g/mol. The van der Waals surface area contributed by atoms with Gasteiger partial charge in [0.05, 0.1) is 5.60 Å². The molecule has 0 spiro atoms. The topological polar surface area (TPSA) is 20.2 Å². The van der Waals surface area contributed by atoms with Crippen LogP contribution in [0.4, 0.5) is 0 Å². The first-order chi connectivity index (χ1) is 6.60. The van der Waals surface area contributed by atoms with Gasteiger partial charge in [0.15, 0.2) is 0 Å². The van der Waals surface area contributed by atoms with Crippen molar-refractivity contribution in [3.8, 4) is 0 Å². The number of hydrogen-bond donors (Lipinski definition) is 1. The minimum Gasteiger partial charge on any atom is -0.390 e. The Bertz CT molecular complexity index is 155. The van der Waals surface area contributed by atoms with Crippen LogP contribution in [0.15, 0.2) is 0 Å². The lowest BCUT2D eigenvalue weighted by atomic mass is 9.72. The van der Waals surface area contributed by atoms with E-state index < -0.39 is 5.60 Å². The third-order valence-electron chi connectivity index (χ3n) is 4.06. The summed E-state index contributed by atoms with van der Waals surface area (Å²) in [5, 5.41) is 10.3. The van der Waals surface area contributed by atoms with Gasteiger partial charge in [0.2, 0.25) is 0 Å². The highest BCUT2D eigenvalue weighted by Gasteiger charge is 2.33. The molecule has 0 aliphatic heterocycles. The van der Waals surface area contributed by atoms with E-state index in [4.69, 9.17) is 0 Å². The van der Waals surface area contributed by atoms with E-state index in [9.17, 15) is 5.11 Å². The molecule has 0 saturated heterocycles. The fraction of sp³-hybridized carbons (Fsp3) is 1.00. The van der Waals surface area contributed by atoms with Crippen molar-refractivity contribution in [2.75, 3.05) is 0 Å². The number of hydrogen-bond acceptors (Lipinski definition) is 1. The second kappa shape index (κ2) is 5.16. The summed E-state index contributed by atoms with van der Waals surface area (Å²) in [5.74, 6) is 1.49. The Balaban J connectivity index is 2.40. The summed E-state index contributed by atoms with van der Waals surface area (Å²) < 4.78 is 0. The van der Waals surface area contributed by atoms with Gasteiger partial charge in [-0.2, -0.15) is 0 Å². The Morgan fingerprint density at radius 3 is 2.14 bits per heavy atom. The minimum atomic E-state index is -0.395. The van der Waals surface area contributed by atoms with Gasteiger partial charge in [-0.05, 0) is 38.0 Å². The maximum Gasteiger partial charge on any atom is 0.0647 e. The predicted octanol–water partition coefficient (Wildman–Crippen LogP) is 3.75. The van der Waals surface area contributed by atoms with Crippen molar-refractivity contribution in [2.45, 2.75) is 71.3 Å². The zero-order valence-corrected chi connectivity index (χ0v) is 10.1. The third-order valence-corrected chi connectivity index (χ3v) is 4.06. The lowest BCUT2D eigenvalue weighted by molar-refractivity contribution is -0.0297. The van der Waals surface area contributed by atoms with Gasteiger partial charge < -0.3 is 5.11 Å². The summed E-state index contributed by atoms with van der Waals surface area (Å²) >= 11 is 0. The van der Waals surface area contributed by atoms with Gasteiger partial charge in [-0.1, -0.05) is 39.5 Å². The van der Waals surface area contributed by atoms with Crippen LogP contribution in [0.3, 0.4) is 0 Å². The van der Waals surface area contributed by atoms with E-state index >= 15 is 0 Å². The van der Waals surface area contributed by atoms with Crippen molar-refractivity contribution in [1.29, 1.82) is 0 Å². The molecule has 0 bridgehead atoms. The highest BCUT2D eigenvalue weighted by atomic mass is 16.3. The molecular formula is C13H26O. The minimum absolute atomic E-state index is 0.395. The van der Waals surface area contributed by atoms with E-state index in [1.54, 1.807) is 0 Å². The Kier molecular flexibility index (Phi) is 4.43. The Labute approximate surface area is 88.9 Å². The van der Waals surface area contributed by atoms with Crippen LogP contribution in [-0.4, -0.2) is 10.7 Å². The average Bonchev–Trinajstić information content (AvgIpc) is 2.18. The van der Waals surface area contributed by atoms with Crippen molar-refractivity contribution in [2.24, 2.45) is 11.8 Å². The fourth-order valence-corrected chi connectivity index (χ4v) is 2.90. The molecule has 1 N–H and O–H groups in total. The largest absolute Gasteiger partial charge is 0.390 e. The Hall–Kier alpha value is -0.0400. The first-order valence-electron chi connectivity index (χ1n) is 6.32. The molecule has 1 saturated carbocycles. The molecule has 0 aromatic carbocycles. The van der Waals surface area contributed by atoms with Gasteiger partial charge in [0.1, 0.15) is 0 Å².